The van der Waals surface area contributed by atoms with Crippen molar-refractivity contribution in [2.24, 2.45) is 0 Å². The number of terminal acetylenes is 1. The highest BCUT2D eigenvalue weighted by atomic mass is 16.5. The lowest BCUT2D eigenvalue weighted by molar-refractivity contribution is 0.221. The summed E-state index contributed by atoms with van der Waals surface area (Å²) in [6, 6.07) is 12.2. The van der Waals surface area contributed by atoms with Crippen LogP contribution in [0.3, 0.4) is 0 Å². The molecule has 0 atom stereocenters. The zero-order valence-corrected chi connectivity index (χ0v) is 16.2. The van der Waals surface area contributed by atoms with E-state index in [1.54, 1.807) is 12.4 Å². The van der Waals surface area contributed by atoms with E-state index in [4.69, 9.17) is 11.2 Å². The van der Waals surface area contributed by atoms with Gasteiger partial charge in [-0.2, -0.15) is 0 Å². The largest absolute Gasteiger partial charge is 0.456 e. The van der Waals surface area contributed by atoms with E-state index in [2.05, 4.69) is 37.9 Å². The van der Waals surface area contributed by atoms with Crippen molar-refractivity contribution < 1.29 is 4.74 Å². The Morgan fingerprint density at radius 2 is 1.79 bits per heavy atom. The van der Waals surface area contributed by atoms with Crippen LogP contribution in [0.2, 0.25) is 0 Å². The number of benzene rings is 1. The summed E-state index contributed by atoms with van der Waals surface area (Å²) >= 11 is 0. The number of aromatic nitrogens is 3. The quantitative estimate of drug-likeness (QED) is 0.512. The fourth-order valence-corrected chi connectivity index (χ4v) is 3.97. The number of aromatic amines is 1. The van der Waals surface area contributed by atoms with E-state index in [9.17, 15) is 0 Å². The molecule has 1 fully saturated rings. The van der Waals surface area contributed by atoms with Gasteiger partial charge in [0.15, 0.2) is 0 Å². The van der Waals surface area contributed by atoms with Gasteiger partial charge in [0, 0.05) is 17.3 Å². The number of ether oxygens (including phenoxy) is 1. The van der Waals surface area contributed by atoms with Crippen molar-refractivity contribution in [3.8, 4) is 23.8 Å². The first-order valence-corrected chi connectivity index (χ1v) is 10.0. The van der Waals surface area contributed by atoms with Crippen LogP contribution < -0.4 is 4.74 Å². The standard InChI is InChI=1S/C24H22N4O/c1-2-18-12-21-22-13-20(14-26-24(22)27-23(21)15-25-18)29-19-8-6-17(7-9-19)16-28-10-4-3-5-11-28/h1,6-9,12-15H,3-5,10-11,16H2,(H,26,27). The third-order valence-corrected chi connectivity index (χ3v) is 5.47. The highest BCUT2D eigenvalue weighted by molar-refractivity contribution is 6.06. The molecule has 5 nitrogen and oxygen atoms in total. The van der Waals surface area contributed by atoms with E-state index >= 15 is 0 Å². The lowest BCUT2D eigenvalue weighted by Gasteiger charge is -2.26. The van der Waals surface area contributed by atoms with Crippen LogP contribution in [0.5, 0.6) is 11.5 Å². The molecule has 0 bridgehead atoms. The van der Waals surface area contributed by atoms with E-state index in [0.717, 1.165) is 34.2 Å². The predicted octanol–water partition coefficient (Wildman–Crippen LogP) is 4.87. The molecule has 1 aliphatic heterocycles. The van der Waals surface area contributed by atoms with Gasteiger partial charge in [0.2, 0.25) is 0 Å². The van der Waals surface area contributed by atoms with Crippen molar-refractivity contribution in [2.75, 3.05) is 13.1 Å². The smallest absolute Gasteiger partial charge is 0.146 e. The van der Waals surface area contributed by atoms with Gasteiger partial charge < -0.3 is 9.72 Å². The second kappa shape index (κ2) is 7.57. The zero-order valence-electron chi connectivity index (χ0n) is 16.2. The molecule has 1 aromatic carbocycles. The second-order valence-corrected chi connectivity index (χ2v) is 7.53. The molecule has 4 aromatic rings. The van der Waals surface area contributed by atoms with Gasteiger partial charge in [-0.1, -0.05) is 24.5 Å². The molecule has 5 rings (SSSR count). The first kappa shape index (κ1) is 17.7. The molecule has 0 unspecified atom stereocenters. The van der Waals surface area contributed by atoms with E-state index in [1.165, 1.54) is 37.9 Å². The number of rotatable bonds is 4. The average molecular weight is 382 g/mol. The van der Waals surface area contributed by atoms with Crippen LogP contribution in [0, 0.1) is 12.3 Å². The molecule has 0 aliphatic carbocycles. The van der Waals surface area contributed by atoms with Crippen molar-refractivity contribution in [2.45, 2.75) is 25.8 Å². The fraction of sp³-hybridized carbons (Fsp3) is 0.250. The number of hydrogen-bond donors (Lipinski definition) is 1. The molecular weight excluding hydrogens is 360 g/mol. The van der Waals surface area contributed by atoms with Gasteiger partial charge in [0.05, 0.1) is 17.9 Å². The fourth-order valence-electron chi connectivity index (χ4n) is 3.97. The summed E-state index contributed by atoms with van der Waals surface area (Å²) in [6.07, 6.45) is 12.9. The highest BCUT2D eigenvalue weighted by Gasteiger charge is 2.11. The van der Waals surface area contributed by atoms with Crippen LogP contribution in [-0.4, -0.2) is 32.9 Å². The van der Waals surface area contributed by atoms with Crippen molar-refractivity contribution >= 4 is 21.9 Å². The Bertz CT molecular complexity index is 1200. The number of fused-ring (bicyclic) bond motifs is 3. The zero-order chi connectivity index (χ0) is 19.6. The summed E-state index contributed by atoms with van der Waals surface area (Å²) < 4.78 is 6.06. The Morgan fingerprint density at radius 3 is 2.59 bits per heavy atom. The lowest BCUT2D eigenvalue weighted by Crippen LogP contribution is -2.28. The van der Waals surface area contributed by atoms with Crippen molar-refractivity contribution in [1.82, 2.24) is 19.9 Å². The highest BCUT2D eigenvalue weighted by Crippen LogP contribution is 2.29. The summed E-state index contributed by atoms with van der Waals surface area (Å²) in [7, 11) is 0. The number of nitrogens with zero attached hydrogens (tertiary/aromatic N) is 3. The summed E-state index contributed by atoms with van der Waals surface area (Å²) in [5, 5.41) is 1.97. The van der Waals surface area contributed by atoms with Crippen molar-refractivity contribution in [3.63, 3.8) is 0 Å². The van der Waals surface area contributed by atoms with Crippen LogP contribution in [0.4, 0.5) is 0 Å². The van der Waals surface area contributed by atoms with Crippen LogP contribution in [0.1, 0.15) is 30.5 Å². The number of likely N-dealkylation sites (tertiary alicyclic amines) is 1. The number of nitrogens with one attached hydrogen (secondary N) is 1. The molecule has 4 heterocycles. The number of pyridine rings is 2. The van der Waals surface area contributed by atoms with E-state index in [-0.39, 0.29) is 0 Å². The molecule has 1 saturated heterocycles. The molecule has 0 amide bonds. The molecule has 0 radical (unpaired) electrons. The Morgan fingerprint density at radius 1 is 0.966 bits per heavy atom. The minimum Gasteiger partial charge on any atom is -0.456 e. The Labute approximate surface area is 169 Å². The molecular formula is C24H22N4O. The molecule has 0 spiro atoms. The van der Waals surface area contributed by atoms with Crippen LogP contribution in [0.25, 0.3) is 21.9 Å². The van der Waals surface area contributed by atoms with E-state index in [0.29, 0.717) is 11.4 Å². The molecule has 5 heteroatoms. The minimum absolute atomic E-state index is 0.606. The Hall–Kier alpha value is -3.36. The molecule has 0 saturated carbocycles. The lowest BCUT2D eigenvalue weighted by atomic mass is 10.1. The third kappa shape index (κ3) is 3.67. The van der Waals surface area contributed by atoms with Gasteiger partial charge in [0.1, 0.15) is 22.8 Å². The summed E-state index contributed by atoms with van der Waals surface area (Å²) in [5.74, 6) is 4.08. The monoisotopic (exact) mass is 382 g/mol. The maximum atomic E-state index is 6.06. The summed E-state index contributed by atoms with van der Waals surface area (Å²) in [5.41, 5.74) is 3.62. The Balaban J connectivity index is 1.36. The predicted molar refractivity (Wildman–Crippen MR) is 115 cm³/mol. The maximum Gasteiger partial charge on any atom is 0.146 e. The topological polar surface area (TPSA) is 54.0 Å². The van der Waals surface area contributed by atoms with Crippen molar-refractivity contribution in [3.05, 3.63) is 60.0 Å². The normalized spacial score (nSPS) is 14.9. The van der Waals surface area contributed by atoms with Crippen LogP contribution in [-0.2, 0) is 6.54 Å². The van der Waals surface area contributed by atoms with Crippen LogP contribution >= 0.6 is 0 Å². The first-order valence-electron chi connectivity index (χ1n) is 10.0. The summed E-state index contributed by atoms with van der Waals surface area (Å²) in [6.45, 7) is 3.41. The van der Waals surface area contributed by atoms with Gasteiger partial charge >= 0.3 is 0 Å². The van der Waals surface area contributed by atoms with Gasteiger partial charge in [-0.25, -0.2) is 9.97 Å². The number of H-pyrrole nitrogens is 1. The number of piperidine rings is 1. The van der Waals surface area contributed by atoms with Gasteiger partial charge in [-0.3, -0.25) is 4.90 Å². The van der Waals surface area contributed by atoms with Gasteiger partial charge in [-0.05, 0) is 55.8 Å². The molecule has 1 aliphatic rings. The third-order valence-electron chi connectivity index (χ3n) is 5.47. The minimum atomic E-state index is 0.606. The molecule has 3 aromatic heterocycles. The van der Waals surface area contributed by atoms with Gasteiger partial charge in [0.25, 0.3) is 0 Å². The van der Waals surface area contributed by atoms with Crippen molar-refractivity contribution in [1.29, 1.82) is 0 Å². The molecule has 144 valence electrons. The SMILES string of the molecule is C#Cc1cc2c(cn1)[nH]c1ncc(Oc3ccc(CN4CCCCC4)cc3)cc12. The van der Waals surface area contributed by atoms with E-state index < -0.39 is 0 Å². The van der Waals surface area contributed by atoms with Crippen LogP contribution in [0.15, 0.2) is 48.8 Å². The van der Waals surface area contributed by atoms with Gasteiger partial charge in [-0.15, -0.1) is 6.42 Å². The maximum absolute atomic E-state index is 6.06. The molecule has 1 N–H and O–H groups in total. The first-order chi connectivity index (χ1) is 14.3. The number of hydrogen-bond acceptors (Lipinski definition) is 4. The van der Waals surface area contributed by atoms with E-state index in [1.807, 2.05) is 24.3 Å². The molecule has 29 heavy (non-hydrogen) atoms. The summed E-state index contributed by atoms with van der Waals surface area (Å²) in [4.78, 5) is 14.5. The second-order valence-electron chi connectivity index (χ2n) is 7.53. The Kier molecular flexibility index (Phi) is 4.63. The average Bonchev–Trinajstić information content (AvgIpc) is 3.13.